The van der Waals surface area contributed by atoms with Gasteiger partial charge in [-0.15, -0.1) is 0 Å². The van der Waals surface area contributed by atoms with Crippen LogP contribution in [-0.2, 0) is 14.2 Å². The first kappa shape index (κ1) is 16.2. The maximum atomic E-state index is 5.66. The van der Waals surface area contributed by atoms with Gasteiger partial charge in [0.15, 0.2) is 0 Å². The maximum Gasteiger partial charge on any atom is 0.0701 e. The van der Waals surface area contributed by atoms with Crippen molar-refractivity contribution in [1.82, 2.24) is 10.2 Å². The molecule has 20 heavy (non-hydrogen) atoms. The first-order valence-electron chi connectivity index (χ1n) is 8.02. The third-order valence-corrected chi connectivity index (χ3v) is 4.01. The van der Waals surface area contributed by atoms with E-state index < -0.39 is 0 Å². The molecule has 1 N–H and O–H groups in total. The minimum Gasteiger partial charge on any atom is -0.382 e. The molecule has 2 aliphatic rings. The molecule has 0 bridgehead atoms. The summed E-state index contributed by atoms with van der Waals surface area (Å²) in [4.78, 5) is 2.61. The van der Waals surface area contributed by atoms with Crippen molar-refractivity contribution in [1.29, 1.82) is 0 Å². The molecule has 0 spiro atoms. The van der Waals surface area contributed by atoms with Crippen molar-refractivity contribution in [3.8, 4) is 0 Å². The van der Waals surface area contributed by atoms with Crippen molar-refractivity contribution >= 4 is 0 Å². The third kappa shape index (κ3) is 6.50. The summed E-state index contributed by atoms with van der Waals surface area (Å²) in [7, 11) is 1.69. The molecule has 5 heteroatoms. The van der Waals surface area contributed by atoms with Gasteiger partial charge in [-0.05, 0) is 32.2 Å². The Kier molecular flexibility index (Phi) is 7.83. The van der Waals surface area contributed by atoms with Crippen LogP contribution in [0.2, 0.25) is 0 Å². The molecule has 1 saturated carbocycles. The number of methoxy groups -OCH3 is 1. The highest BCUT2D eigenvalue weighted by molar-refractivity contribution is 4.88. The Balaban J connectivity index is 1.47. The normalized spacial score (nSPS) is 22.8. The fraction of sp³-hybridized carbons (Fsp3) is 1.00. The molecule has 0 amide bonds. The first-order chi connectivity index (χ1) is 9.90. The first-order valence-corrected chi connectivity index (χ1v) is 8.02. The second-order valence-corrected chi connectivity index (χ2v) is 5.74. The molecule has 0 radical (unpaired) electrons. The quantitative estimate of drug-likeness (QED) is 0.540. The number of nitrogens with one attached hydrogen (secondary N) is 1. The van der Waals surface area contributed by atoms with Gasteiger partial charge in [-0.1, -0.05) is 0 Å². The number of rotatable bonds is 12. The molecule has 1 aliphatic carbocycles. The Hall–Kier alpha value is -0.200. The summed E-state index contributed by atoms with van der Waals surface area (Å²) in [6, 6.07) is 1.52. The fourth-order valence-corrected chi connectivity index (χ4v) is 2.70. The zero-order chi connectivity index (χ0) is 14.0. The lowest BCUT2D eigenvalue weighted by Crippen LogP contribution is -2.40. The van der Waals surface area contributed by atoms with E-state index in [4.69, 9.17) is 14.2 Å². The van der Waals surface area contributed by atoms with Crippen molar-refractivity contribution < 1.29 is 14.2 Å². The number of ether oxygens (including phenoxy) is 3. The van der Waals surface area contributed by atoms with E-state index in [0.717, 1.165) is 19.2 Å². The van der Waals surface area contributed by atoms with E-state index >= 15 is 0 Å². The van der Waals surface area contributed by atoms with Crippen LogP contribution in [0.25, 0.3) is 0 Å². The highest BCUT2D eigenvalue weighted by atomic mass is 16.5. The summed E-state index contributed by atoms with van der Waals surface area (Å²) in [5.41, 5.74) is 0. The molecule has 1 saturated heterocycles. The van der Waals surface area contributed by atoms with Gasteiger partial charge in [0.1, 0.15) is 0 Å². The predicted molar refractivity (Wildman–Crippen MR) is 79.1 cm³/mol. The standard InChI is InChI=1S/C15H30N2O3/c1-18-9-10-20-12-11-19-8-7-17(15-4-5-15)13-14-3-2-6-16-14/h14-16H,2-13H2,1H3. The molecule has 1 unspecified atom stereocenters. The van der Waals surface area contributed by atoms with Crippen molar-refractivity contribution in [2.75, 3.05) is 59.8 Å². The Morgan fingerprint density at radius 3 is 2.40 bits per heavy atom. The van der Waals surface area contributed by atoms with E-state index in [0.29, 0.717) is 32.5 Å². The smallest absolute Gasteiger partial charge is 0.0701 e. The Morgan fingerprint density at radius 2 is 1.75 bits per heavy atom. The van der Waals surface area contributed by atoms with Crippen LogP contribution in [0.4, 0.5) is 0 Å². The Labute approximate surface area is 122 Å². The predicted octanol–water partition coefficient (Wildman–Crippen LogP) is 0.882. The molecule has 1 aliphatic heterocycles. The second kappa shape index (κ2) is 9.68. The van der Waals surface area contributed by atoms with Crippen LogP contribution >= 0.6 is 0 Å². The highest BCUT2D eigenvalue weighted by Gasteiger charge is 2.30. The van der Waals surface area contributed by atoms with Crippen molar-refractivity contribution in [2.24, 2.45) is 0 Å². The van der Waals surface area contributed by atoms with Crippen LogP contribution in [0.15, 0.2) is 0 Å². The van der Waals surface area contributed by atoms with Crippen molar-refractivity contribution in [3.63, 3.8) is 0 Å². The lowest BCUT2D eigenvalue weighted by atomic mass is 10.2. The van der Waals surface area contributed by atoms with Gasteiger partial charge in [0.2, 0.25) is 0 Å². The van der Waals surface area contributed by atoms with Crippen molar-refractivity contribution in [2.45, 2.75) is 37.8 Å². The summed E-state index contributed by atoms with van der Waals surface area (Å²) < 4.78 is 16.0. The lowest BCUT2D eigenvalue weighted by Gasteiger charge is -2.25. The largest absolute Gasteiger partial charge is 0.382 e. The van der Waals surface area contributed by atoms with E-state index in [1.54, 1.807) is 7.11 Å². The summed E-state index contributed by atoms with van der Waals surface area (Å²) in [5.74, 6) is 0. The van der Waals surface area contributed by atoms with Gasteiger partial charge in [-0.2, -0.15) is 0 Å². The average molecular weight is 286 g/mol. The molecule has 0 aromatic rings. The van der Waals surface area contributed by atoms with Gasteiger partial charge < -0.3 is 19.5 Å². The zero-order valence-corrected chi connectivity index (χ0v) is 12.8. The van der Waals surface area contributed by atoms with Gasteiger partial charge in [0.25, 0.3) is 0 Å². The van der Waals surface area contributed by atoms with E-state index in [9.17, 15) is 0 Å². The lowest BCUT2D eigenvalue weighted by molar-refractivity contribution is 0.0185. The molecule has 118 valence electrons. The summed E-state index contributed by atoms with van der Waals surface area (Å²) in [6.45, 7) is 6.92. The van der Waals surface area contributed by atoms with E-state index in [1.807, 2.05) is 0 Å². The van der Waals surface area contributed by atoms with E-state index in [-0.39, 0.29) is 0 Å². The van der Waals surface area contributed by atoms with Crippen LogP contribution in [0.5, 0.6) is 0 Å². The molecule has 1 atom stereocenters. The van der Waals surface area contributed by atoms with Crippen LogP contribution in [-0.4, -0.2) is 76.8 Å². The molecule has 0 aromatic heterocycles. The third-order valence-electron chi connectivity index (χ3n) is 4.01. The van der Waals surface area contributed by atoms with Crippen LogP contribution in [0, 0.1) is 0 Å². The second-order valence-electron chi connectivity index (χ2n) is 5.74. The number of nitrogens with zero attached hydrogens (tertiary/aromatic N) is 1. The Morgan fingerprint density at radius 1 is 1.00 bits per heavy atom. The summed E-state index contributed by atoms with van der Waals surface area (Å²) in [6.07, 6.45) is 5.40. The monoisotopic (exact) mass is 286 g/mol. The van der Waals surface area contributed by atoms with Gasteiger partial charge in [-0.25, -0.2) is 0 Å². The summed E-state index contributed by atoms with van der Waals surface area (Å²) >= 11 is 0. The fourth-order valence-electron chi connectivity index (χ4n) is 2.70. The van der Waals surface area contributed by atoms with Crippen molar-refractivity contribution in [3.05, 3.63) is 0 Å². The van der Waals surface area contributed by atoms with Crippen LogP contribution in [0.3, 0.4) is 0 Å². The molecular weight excluding hydrogens is 256 g/mol. The highest BCUT2D eigenvalue weighted by Crippen LogP contribution is 2.27. The molecule has 1 heterocycles. The minimum atomic E-state index is 0.654. The maximum absolute atomic E-state index is 5.66. The topological polar surface area (TPSA) is 43.0 Å². The van der Waals surface area contributed by atoms with E-state index in [1.165, 1.54) is 38.8 Å². The zero-order valence-electron chi connectivity index (χ0n) is 12.8. The SMILES string of the molecule is COCCOCCOCCN(CC1CCCN1)C1CC1. The van der Waals surface area contributed by atoms with Gasteiger partial charge >= 0.3 is 0 Å². The van der Waals surface area contributed by atoms with Gasteiger partial charge in [0.05, 0.1) is 33.0 Å². The van der Waals surface area contributed by atoms with E-state index in [2.05, 4.69) is 10.2 Å². The molecule has 0 aromatic carbocycles. The molecular formula is C15H30N2O3. The van der Waals surface area contributed by atoms with Gasteiger partial charge in [0, 0.05) is 32.3 Å². The minimum absolute atomic E-state index is 0.654. The Bertz CT molecular complexity index is 243. The number of hydrogen-bond acceptors (Lipinski definition) is 5. The summed E-state index contributed by atoms with van der Waals surface area (Å²) in [5, 5.41) is 3.59. The van der Waals surface area contributed by atoms with Gasteiger partial charge in [-0.3, -0.25) is 4.90 Å². The molecule has 2 rings (SSSR count). The van der Waals surface area contributed by atoms with Crippen LogP contribution < -0.4 is 5.32 Å². The molecule has 2 fully saturated rings. The number of hydrogen-bond donors (Lipinski definition) is 1. The molecule has 5 nitrogen and oxygen atoms in total. The average Bonchev–Trinajstić information content (AvgIpc) is 3.18. The van der Waals surface area contributed by atoms with Crippen LogP contribution in [0.1, 0.15) is 25.7 Å².